The quantitative estimate of drug-likeness (QED) is 0.816. The highest BCUT2D eigenvalue weighted by Gasteiger charge is 2.35. The molecule has 1 aliphatic heterocycles. The zero-order valence-electron chi connectivity index (χ0n) is 15.9. The standard InChI is InChI=1S/C22H24N2O3/c1-14(2)16-6-10-20(11-7-16)24-13-18(12-21(24)26)22(27)23-19-8-4-17(5-9-19)15(3)25/h4-11,14,18H,12-13H2,1-3H3,(H,23,27)/t18-/m1/s1. The first-order chi connectivity index (χ1) is 12.8. The molecule has 0 radical (unpaired) electrons. The van der Waals surface area contributed by atoms with Crippen LogP contribution in [0.1, 0.15) is 49.0 Å². The van der Waals surface area contributed by atoms with Crippen LogP contribution in [0.2, 0.25) is 0 Å². The van der Waals surface area contributed by atoms with Crippen molar-refractivity contribution in [3.63, 3.8) is 0 Å². The molecule has 0 aliphatic carbocycles. The van der Waals surface area contributed by atoms with Gasteiger partial charge in [-0.2, -0.15) is 0 Å². The van der Waals surface area contributed by atoms with Crippen LogP contribution in [0.5, 0.6) is 0 Å². The smallest absolute Gasteiger partial charge is 0.229 e. The number of carbonyl (C=O) groups excluding carboxylic acids is 3. The van der Waals surface area contributed by atoms with Gasteiger partial charge in [-0.3, -0.25) is 14.4 Å². The van der Waals surface area contributed by atoms with Crippen molar-refractivity contribution >= 4 is 29.0 Å². The fourth-order valence-electron chi connectivity index (χ4n) is 3.20. The molecule has 1 fully saturated rings. The molecule has 2 aromatic rings. The number of hydrogen-bond donors (Lipinski definition) is 1. The number of carbonyl (C=O) groups is 3. The summed E-state index contributed by atoms with van der Waals surface area (Å²) in [6.45, 7) is 6.12. The molecule has 1 N–H and O–H groups in total. The minimum atomic E-state index is -0.394. The number of ketones is 1. The van der Waals surface area contributed by atoms with Gasteiger partial charge in [-0.25, -0.2) is 0 Å². The number of benzene rings is 2. The largest absolute Gasteiger partial charge is 0.326 e. The topological polar surface area (TPSA) is 66.5 Å². The molecule has 1 saturated heterocycles. The van der Waals surface area contributed by atoms with Crippen LogP contribution in [-0.2, 0) is 9.59 Å². The Morgan fingerprint density at radius 2 is 1.67 bits per heavy atom. The summed E-state index contributed by atoms with van der Waals surface area (Å²) >= 11 is 0. The summed E-state index contributed by atoms with van der Waals surface area (Å²) in [6.07, 6.45) is 0.198. The van der Waals surface area contributed by atoms with E-state index in [9.17, 15) is 14.4 Å². The molecular formula is C22H24N2O3. The molecule has 1 atom stereocenters. The Hall–Kier alpha value is -2.95. The van der Waals surface area contributed by atoms with Crippen LogP contribution >= 0.6 is 0 Å². The molecule has 140 valence electrons. The minimum Gasteiger partial charge on any atom is -0.326 e. The maximum atomic E-state index is 12.5. The molecule has 0 unspecified atom stereocenters. The van der Waals surface area contributed by atoms with Crippen molar-refractivity contribution in [2.45, 2.75) is 33.1 Å². The third-order valence-electron chi connectivity index (χ3n) is 4.93. The normalized spacial score (nSPS) is 16.7. The van der Waals surface area contributed by atoms with E-state index in [1.165, 1.54) is 12.5 Å². The van der Waals surface area contributed by atoms with Gasteiger partial charge < -0.3 is 10.2 Å². The van der Waals surface area contributed by atoms with Crippen LogP contribution in [0.3, 0.4) is 0 Å². The SMILES string of the molecule is CC(=O)c1ccc(NC(=O)[C@@H]2CC(=O)N(c3ccc(C(C)C)cc3)C2)cc1. The van der Waals surface area contributed by atoms with Crippen LogP contribution in [0.4, 0.5) is 11.4 Å². The Balaban J connectivity index is 1.65. The molecule has 0 bridgehead atoms. The predicted octanol–water partition coefficient (Wildman–Crippen LogP) is 4.00. The number of hydrogen-bond acceptors (Lipinski definition) is 3. The van der Waals surface area contributed by atoms with Gasteiger partial charge in [0.05, 0.1) is 5.92 Å². The summed E-state index contributed by atoms with van der Waals surface area (Å²) in [6, 6.07) is 14.7. The molecule has 2 amide bonds. The summed E-state index contributed by atoms with van der Waals surface area (Å²) in [5, 5.41) is 2.84. The highest BCUT2D eigenvalue weighted by molar-refractivity contribution is 6.03. The van der Waals surface area contributed by atoms with E-state index < -0.39 is 5.92 Å². The Labute approximate surface area is 159 Å². The lowest BCUT2D eigenvalue weighted by Crippen LogP contribution is -2.28. The first kappa shape index (κ1) is 18.8. The molecule has 0 saturated carbocycles. The fourth-order valence-corrected chi connectivity index (χ4v) is 3.20. The van der Waals surface area contributed by atoms with Crippen molar-refractivity contribution in [2.75, 3.05) is 16.8 Å². The fraction of sp³-hybridized carbons (Fsp3) is 0.318. The van der Waals surface area contributed by atoms with Crippen molar-refractivity contribution < 1.29 is 14.4 Å². The monoisotopic (exact) mass is 364 g/mol. The number of Topliss-reactive ketones (excluding diaryl/α,β-unsaturated/α-hetero) is 1. The van der Waals surface area contributed by atoms with E-state index in [2.05, 4.69) is 19.2 Å². The van der Waals surface area contributed by atoms with Gasteiger partial charge in [-0.1, -0.05) is 26.0 Å². The first-order valence-electron chi connectivity index (χ1n) is 9.17. The van der Waals surface area contributed by atoms with Crippen molar-refractivity contribution in [3.05, 3.63) is 59.7 Å². The highest BCUT2D eigenvalue weighted by atomic mass is 16.2. The van der Waals surface area contributed by atoms with E-state index in [4.69, 9.17) is 0 Å². The lowest BCUT2D eigenvalue weighted by atomic mass is 10.0. The Bertz CT molecular complexity index is 854. The summed E-state index contributed by atoms with van der Waals surface area (Å²) in [7, 11) is 0. The van der Waals surface area contributed by atoms with Crippen LogP contribution in [0.15, 0.2) is 48.5 Å². The van der Waals surface area contributed by atoms with Crippen LogP contribution in [0.25, 0.3) is 0 Å². The van der Waals surface area contributed by atoms with E-state index in [0.29, 0.717) is 23.7 Å². The van der Waals surface area contributed by atoms with Gasteiger partial charge in [0.15, 0.2) is 5.78 Å². The summed E-state index contributed by atoms with van der Waals surface area (Å²) in [5.41, 5.74) is 3.26. The van der Waals surface area contributed by atoms with Crippen molar-refractivity contribution in [2.24, 2.45) is 5.92 Å². The number of nitrogens with zero attached hydrogens (tertiary/aromatic N) is 1. The summed E-state index contributed by atoms with van der Waals surface area (Å²) in [4.78, 5) is 37.9. The predicted molar refractivity (Wildman–Crippen MR) is 106 cm³/mol. The number of nitrogens with one attached hydrogen (secondary N) is 1. The summed E-state index contributed by atoms with van der Waals surface area (Å²) < 4.78 is 0. The van der Waals surface area contributed by atoms with Gasteiger partial charge in [-0.05, 0) is 54.8 Å². The zero-order valence-corrected chi connectivity index (χ0v) is 15.9. The lowest BCUT2D eigenvalue weighted by Gasteiger charge is -2.18. The van der Waals surface area contributed by atoms with Crippen LogP contribution in [0, 0.1) is 5.92 Å². The van der Waals surface area contributed by atoms with Crippen molar-refractivity contribution in [1.82, 2.24) is 0 Å². The number of amides is 2. The van der Waals surface area contributed by atoms with E-state index in [-0.39, 0.29) is 24.0 Å². The molecule has 5 heteroatoms. The Morgan fingerprint density at radius 3 is 2.22 bits per heavy atom. The summed E-state index contributed by atoms with van der Waals surface area (Å²) in [5.74, 6) is -0.205. The molecule has 5 nitrogen and oxygen atoms in total. The highest BCUT2D eigenvalue weighted by Crippen LogP contribution is 2.27. The van der Waals surface area contributed by atoms with Crippen LogP contribution in [-0.4, -0.2) is 24.1 Å². The van der Waals surface area contributed by atoms with Crippen molar-refractivity contribution in [3.8, 4) is 0 Å². The molecule has 1 aliphatic rings. The van der Waals surface area contributed by atoms with Crippen molar-refractivity contribution in [1.29, 1.82) is 0 Å². The number of rotatable bonds is 5. The molecule has 0 aromatic heterocycles. The second-order valence-electron chi connectivity index (χ2n) is 7.27. The van der Waals surface area contributed by atoms with Gasteiger partial charge in [0.2, 0.25) is 11.8 Å². The zero-order chi connectivity index (χ0) is 19.6. The van der Waals surface area contributed by atoms with Crippen LogP contribution < -0.4 is 10.2 Å². The second kappa shape index (κ2) is 7.74. The minimum absolute atomic E-state index is 0.0200. The van der Waals surface area contributed by atoms with E-state index in [1.807, 2.05) is 24.3 Å². The average molecular weight is 364 g/mol. The van der Waals surface area contributed by atoms with Gasteiger partial charge in [0.25, 0.3) is 0 Å². The van der Waals surface area contributed by atoms with Gasteiger partial charge in [0, 0.05) is 29.9 Å². The van der Waals surface area contributed by atoms with Gasteiger partial charge >= 0.3 is 0 Å². The number of anilines is 2. The molecule has 2 aromatic carbocycles. The lowest BCUT2D eigenvalue weighted by molar-refractivity contribution is -0.122. The maximum absolute atomic E-state index is 12.5. The van der Waals surface area contributed by atoms with E-state index in [0.717, 1.165) is 5.69 Å². The Kier molecular flexibility index (Phi) is 5.40. The van der Waals surface area contributed by atoms with E-state index in [1.54, 1.807) is 29.2 Å². The van der Waals surface area contributed by atoms with E-state index >= 15 is 0 Å². The Morgan fingerprint density at radius 1 is 1.04 bits per heavy atom. The molecular weight excluding hydrogens is 340 g/mol. The second-order valence-corrected chi connectivity index (χ2v) is 7.27. The molecule has 1 heterocycles. The first-order valence-corrected chi connectivity index (χ1v) is 9.17. The average Bonchev–Trinajstić information content (AvgIpc) is 3.04. The third kappa shape index (κ3) is 4.25. The molecule has 3 rings (SSSR count). The van der Waals surface area contributed by atoms with Gasteiger partial charge in [-0.15, -0.1) is 0 Å². The molecule has 0 spiro atoms. The maximum Gasteiger partial charge on any atom is 0.229 e. The molecule has 27 heavy (non-hydrogen) atoms. The third-order valence-corrected chi connectivity index (χ3v) is 4.93. The van der Waals surface area contributed by atoms with Gasteiger partial charge in [0.1, 0.15) is 0 Å².